The lowest BCUT2D eigenvalue weighted by atomic mass is 10.3. The van der Waals surface area contributed by atoms with E-state index in [9.17, 15) is 4.39 Å². The largest absolute Gasteiger partial charge is 0.378 e. The minimum Gasteiger partial charge on any atom is -0.378 e. The lowest BCUT2D eigenvalue weighted by Crippen LogP contribution is -1.98. The van der Waals surface area contributed by atoms with Gasteiger partial charge in [0.05, 0.1) is 10.2 Å². The van der Waals surface area contributed by atoms with Crippen LogP contribution < -0.4 is 0 Å². The molecule has 0 spiro atoms. The molecule has 0 radical (unpaired) electrons. The number of ether oxygens (including phenoxy) is 1. The summed E-state index contributed by atoms with van der Waals surface area (Å²) in [6.07, 6.45) is 1.57. The predicted octanol–water partition coefficient (Wildman–Crippen LogP) is 1.97. The number of pyridine rings is 1. The van der Waals surface area contributed by atoms with Crippen molar-refractivity contribution in [1.82, 2.24) is 4.98 Å². The quantitative estimate of drug-likeness (QED) is 0.764. The molecule has 0 aliphatic rings. The minimum atomic E-state index is -0.282. The van der Waals surface area contributed by atoms with Crippen LogP contribution in [0, 0.1) is 9.39 Å². The van der Waals surface area contributed by atoms with E-state index in [2.05, 4.69) is 4.98 Å². The van der Waals surface area contributed by atoms with Crippen LogP contribution in [0.5, 0.6) is 0 Å². The number of rotatable bonds is 2. The average Bonchev–Trinajstić information content (AvgIpc) is 1.99. The van der Waals surface area contributed by atoms with E-state index in [1.165, 1.54) is 7.11 Å². The number of methoxy groups -OCH3 is 1. The maximum Gasteiger partial charge on any atom is 0.160 e. The number of halogens is 2. The molecule has 60 valence electrons. The first-order chi connectivity index (χ1) is 5.25. The van der Waals surface area contributed by atoms with E-state index < -0.39 is 0 Å². The van der Waals surface area contributed by atoms with Crippen molar-refractivity contribution in [3.63, 3.8) is 0 Å². The summed E-state index contributed by atoms with van der Waals surface area (Å²) in [4.78, 5) is 3.82. The standard InChI is InChI=1S/C7H7FINO/c1-11-4-6-7(8)5(9)2-3-10-6/h2-3H,4H2,1H3. The van der Waals surface area contributed by atoms with E-state index in [1.54, 1.807) is 12.3 Å². The van der Waals surface area contributed by atoms with E-state index in [0.717, 1.165) is 0 Å². The van der Waals surface area contributed by atoms with Gasteiger partial charge in [-0.25, -0.2) is 4.39 Å². The summed E-state index contributed by atoms with van der Waals surface area (Å²) < 4.78 is 18.4. The maximum atomic E-state index is 13.0. The molecule has 0 aromatic carbocycles. The zero-order chi connectivity index (χ0) is 8.27. The molecule has 11 heavy (non-hydrogen) atoms. The SMILES string of the molecule is COCc1nccc(I)c1F. The number of aromatic nitrogens is 1. The highest BCUT2D eigenvalue weighted by Gasteiger charge is 2.05. The summed E-state index contributed by atoms with van der Waals surface area (Å²) in [5, 5.41) is 0. The molecule has 0 bridgehead atoms. The molecular formula is C7H7FINO. The van der Waals surface area contributed by atoms with Crippen molar-refractivity contribution in [2.45, 2.75) is 6.61 Å². The Labute approximate surface area is 77.9 Å². The number of hydrogen-bond acceptors (Lipinski definition) is 2. The summed E-state index contributed by atoms with van der Waals surface area (Å²) in [7, 11) is 1.51. The average molecular weight is 267 g/mol. The fourth-order valence-corrected chi connectivity index (χ4v) is 1.17. The molecule has 0 N–H and O–H groups in total. The molecule has 0 amide bonds. The highest BCUT2D eigenvalue weighted by molar-refractivity contribution is 14.1. The van der Waals surface area contributed by atoms with Gasteiger partial charge in [-0.2, -0.15) is 0 Å². The van der Waals surface area contributed by atoms with Crippen molar-refractivity contribution >= 4 is 22.6 Å². The van der Waals surface area contributed by atoms with Crippen molar-refractivity contribution in [1.29, 1.82) is 0 Å². The zero-order valence-corrected chi connectivity index (χ0v) is 8.13. The van der Waals surface area contributed by atoms with Crippen LogP contribution >= 0.6 is 22.6 Å². The Balaban J connectivity index is 2.96. The van der Waals surface area contributed by atoms with Gasteiger partial charge in [0.25, 0.3) is 0 Å². The van der Waals surface area contributed by atoms with Gasteiger partial charge in [0, 0.05) is 13.3 Å². The summed E-state index contributed by atoms with van der Waals surface area (Å²) >= 11 is 1.92. The van der Waals surface area contributed by atoms with Gasteiger partial charge < -0.3 is 4.74 Å². The molecule has 1 aromatic rings. The van der Waals surface area contributed by atoms with Crippen molar-refractivity contribution in [2.24, 2.45) is 0 Å². The molecular weight excluding hydrogens is 260 g/mol. The second-order valence-electron chi connectivity index (χ2n) is 1.99. The van der Waals surface area contributed by atoms with E-state index >= 15 is 0 Å². The van der Waals surface area contributed by atoms with Gasteiger partial charge >= 0.3 is 0 Å². The van der Waals surface area contributed by atoms with Crippen LogP contribution in [-0.4, -0.2) is 12.1 Å². The van der Waals surface area contributed by atoms with Crippen molar-refractivity contribution in [2.75, 3.05) is 7.11 Å². The molecule has 0 saturated carbocycles. The Morgan fingerprint density at radius 1 is 1.73 bits per heavy atom. The second-order valence-corrected chi connectivity index (χ2v) is 3.15. The molecule has 0 aliphatic heterocycles. The zero-order valence-electron chi connectivity index (χ0n) is 5.97. The van der Waals surface area contributed by atoms with E-state index in [-0.39, 0.29) is 12.4 Å². The number of hydrogen-bond donors (Lipinski definition) is 0. The summed E-state index contributed by atoms with van der Waals surface area (Å²) in [5.74, 6) is -0.282. The molecule has 0 unspecified atom stereocenters. The Hall–Kier alpha value is -0.230. The first-order valence-electron chi connectivity index (χ1n) is 3.03. The highest BCUT2D eigenvalue weighted by Crippen LogP contribution is 2.12. The monoisotopic (exact) mass is 267 g/mol. The summed E-state index contributed by atoms with van der Waals surface area (Å²) in [6, 6.07) is 1.62. The van der Waals surface area contributed by atoms with Crippen LogP contribution in [-0.2, 0) is 11.3 Å². The predicted molar refractivity (Wildman–Crippen MR) is 47.6 cm³/mol. The number of nitrogens with zero attached hydrogens (tertiary/aromatic N) is 1. The molecule has 1 rings (SSSR count). The van der Waals surface area contributed by atoms with Crippen LogP contribution in [0.3, 0.4) is 0 Å². The lowest BCUT2D eigenvalue weighted by molar-refractivity contribution is 0.177. The highest BCUT2D eigenvalue weighted by atomic mass is 127. The van der Waals surface area contributed by atoms with Gasteiger partial charge in [0.1, 0.15) is 5.69 Å². The molecule has 1 heterocycles. The normalized spacial score (nSPS) is 10.1. The molecule has 4 heteroatoms. The van der Waals surface area contributed by atoms with Gasteiger partial charge in [0.15, 0.2) is 5.82 Å². The Kier molecular flexibility index (Phi) is 3.19. The van der Waals surface area contributed by atoms with Crippen molar-refractivity contribution < 1.29 is 9.13 Å². The van der Waals surface area contributed by atoms with Crippen LogP contribution in [0.1, 0.15) is 5.69 Å². The van der Waals surface area contributed by atoms with Gasteiger partial charge in [0.2, 0.25) is 0 Å². The molecule has 0 fully saturated rings. The molecule has 0 saturated heterocycles. The van der Waals surface area contributed by atoms with E-state index in [1.807, 2.05) is 22.6 Å². The molecule has 0 aliphatic carbocycles. The van der Waals surface area contributed by atoms with Gasteiger partial charge in [-0.3, -0.25) is 4.98 Å². The fourth-order valence-electron chi connectivity index (χ4n) is 0.698. The Bertz CT molecular complexity index is 254. The van der Waals surface area contributed by atoms with Gasteiger partial charge in [-0.1, -0.05) is 0 Å². The first-order valence-corrected chi connectivity index (χ1v) is 4.11. The molecule has 1 aromatic heterocycles. The van der Waals surface area contributed by atoms with Gasteiger partial charge in [-0.15, -0.1) is 0 Å². The summed E-state index contributed by atoms with van der Waals surface area (Å²) in [5.41, 5.74) is 0.361. The minimum absolute atomic E-state index is 0.225. The second kappa shape index (κ2) is 3.96. The fraction of sp³-hybridized carbons (Fsp3) is 0.286. The maximum absolute atomic E-state index is 13.0. The first kappa shape index (κ1) is 8.86. The lowest BCUT2D eigenvalue weighted by Gasteiger charge is -2.00. The van der Waals surface area contributed by atoms with E-state index in [0.29, 0.717) is 9.26 Å². The van der Waals surface area contributed by atoms with Crippen molar-refractivity contribution in [3.05, 3.63) is 27.3 Å². The third-order valence-corrected chi connectivity index (χ3v) is 2.03. The molecule has 0 atom stereocenters. The molecule has 2 nitrogen and oxygen atoms in total. The van der Waals surface area contributed by atoms with Crippen molar-refractivity contribution in [3.8, 4) is 0 Å². The van der Waals surface area contributed by atoms with Crippen LogP contribution in [0.25, 0.3) is 0 Å². The topological polar surface area (TPSA) is 22.1 Å². The Morgan fingerprint density at radius 2 is 2.45 bits per heavy atom. The Morgan fingerprint density at radius 3 is 3.09 bits per heavy atom. The van der Waals surface area contributed by atoms with Crippen LogP contribution in [0.2, 0.25) is 0 Å². The van der Waals surface area contributed by atoms with Crippen LogP contribution in [0.15, 0.2) is 12.3 Å². The van der Waals surface area contributed by atoms with Gasteiger partial charge in [-0.05, 0) is 28.7 Å². The van der Waals surface area contributed by atoms with Crippen LogP contribution in [0.4, 0.5) is 4.39 Å². The van der Waals surface area contributed by atoms with E-state index in [4.69, 9.17) is 4.74 Å². The third kappa shape index (κ3) is 2.10. The summed E-state index contributed by atoms with van der Waals surface area (Å²) in [6.45, 7) is 0.225. The smallest absolute Gasteiger partial charge is 0.160 e. The third-order valence-electron chi connectivity index (χ3n) is 1.20.